The van der Waals surface area contributed by atoms with Crippen LogP contribution in [0, 0.1) is 6.92 Å². The molecule has 0 radical (unpaired) electrons. The van der Waals surface area contributed by atoms with Crippen LogP contribution in [0.1, 0.15) is 18.1 Å². The van der Waals surface area contributed by atoms with E-state index in [1.54, 1.807) is 20.1 Å². The van der Waals surface area contributed by atoms with Gasteiger partial charge in [0.25, 0.3) is 5.91 Å². The maximum Gasteiger partial charge on any atom is 0.254 e. The molecule has 120 valence electrons. The van der Waals surface area contributed by atoms with Crippen LogP contribution in [0.4, 0.5) is 5.69 Å². The number of carbonyl (C=O) groups is 1. The number of nitrogens with one attached hydrogen (secondary N) is 1. The van der Waals surface area contributed by atoms with Crippen LogP contribution in [-0.4, -0.2) is 24.2 Å². The molecule has 0 aliphatic heterocycles. The van der Waals surface area contributed by atoms with Crippen LogP contribution in [0.5, 0.6) is 5.75 Å². The van der Waals surface area contributed by atoms with Gasteiger partial charge in [0.2, 0.25) is 0 Å². The summed E-state index contributed by atoms with van der Waals surface area (Å²) in [6, 6.07) is 14.8. The number of benzene rings is 2. The Kier molecular flexibility index (Phi) is 5.55. The second-order valence-electron chi connectivity index (χ2n) is 5.37. The molecule has 0 aliphatic rings. The van der Waals surface area contributed by atoms with Crippen LogP contribution in [0.3, 0.4) is 0 Å². The zero-order valence-corrected chi connectivity index (χ0v) is 13.5. The third-order valence-electron chi connectivity index (χ3n) is 3.46. The second-order valence-corrected chi connectivity index (χ2v) is 5.37. The number of aliphatic hydroxyl groups excluding tert-OH is 1. The average molecular weight is 311 g/mol. The van der Waals surface area contributed by atoms with Gasteiger partial charge in [-0.15, -0.1) is 0 Å². The molecule has 1 amide bonds. The van der Waals surface area contributed by atoms with Crippen molar-refractivity contribution in [1.82, 2.24) is 0 Å². The van der Waals surface area contributed by atoms with E-state index in [2.05, 4.69) is 5.32 Å². The SMILES string of the molecule is COc1ccc(/C=C(/C(=O)Nc2ccc(C)cc2)C(C)O)cc1. The summed E-state index contributed by atoms with van der Waals surface area (Å²) in [4.78, 5) is 12.4. The molecular weight excluding hydrogens is 290 g/mol. The van der Waals surface area contributed by atoms with Gasteiger partial charge in [0.05, 0.1) is 13.2 Å². The van der Waals surface area contributed by atoms with Gasteiger partial charge in [0.1, 0.15) is 5.75 Å². The first-order valence-corrected chi connectivity index (χ1v) is 7.41. The lowest BCUT2D eigenvalue weighted by Gasteiger charge is -2.12. The van der Waals surface area contributed by atoms with Crippen LogP contribution in [0.25, 0.3) is 6.08 Å². The molecule has 0 spiro atoms. The highest BCUT2D eigenvalue weighted by Gasteiger charge is 2.15. The molecule has 4 nitrogen and oxygen atoms in total. The third kappa shape index (κ3) is 4.69. The van der Waals surface area contributed by atoms with Gasteiger partial charge in [-0.1, -0.05) is 29.8 Å². The first-order chi connectivity index (χ1) is 11.0. The molecule has 2 aromatic rings. The summed E-state index contributed by atoms with van der Waals surface area (Å²) in [5.74, 6) is 0.421. The van der Waals surface area contributed by atoms with Crippen LogP contribution in [-0.2, 0) is 4.79 Å². The summed E-state index contributed by atoms with van der Waals surface area (Å²) >= 11 is 0. The van der Waals surface area contributed by atoms with Gasteiger partial charge in [-0.05, 0) is 49.8 Å². The largest absolute Gasteiger partial charge is 0.497 e. The number of methoxy groups -OCH3 is 1. The fourth-order valence-corrected chi connectivity index (χ4v) is 2.10. The fourth-order valence-electron chi connectivity index (χ4n) is 2.10. The quantitative estimate of drug-likeness (QED) is 0.832. The van der Waals surface area contributed by atoms with Crippen LogP contribution in [0.15, 0.2) is 54.1 Å². The maximum absolute atomic E-state index is 12.4. The molecule has 23 heavy (non-hydrogen) atoms. The fraction of sp³-hybridized carbons (Fsp3) is 0.211. The molecule has 1 unspecified atom stereocenters. The lowest BCUT2D eigenvalue weighted by atomic mass is 10.1. The Morgan fingerprint density at radius 1 is 1.13 bits per heavy atom. The summed E-state index contributed by atoms with van der Waals surface area (Å²) in [5, 5.41) is 12.7. The highest BCUT2D eigenvalue weighted by molar-refractivity contribution is 6.07. The Morgan fingerprint density at radius 2 is 1.74 bits per heavy atom. The molecule has 0 aliphatic carbocycles. The summed E-state index contributed by atoms with van der Waals surface area (Å²) < 4.78 is 5.11. The van der Waals surface area contributed by atoms with Crippen LogP contribution < -0.4 is 10.1 Å². The topological polar surface area (TPSA) is 58.6 Å². The zero-order chi connectivity index (χ0) is 16.8. The second kappa shape index (κ2) is 7.61. The Balaban J connectivity index is 2.20. The smallest absolute Gasteiger partial charge is 0.254 e. The van der Waals surface area contributed by atoms with Gasteiger partial charge >= 0.3 is 0 Å². The van der Waals surface area contributed by atoms with Gasteiger partial charge < -0.3 is 15.2 Å². The van der Waals surface area contributed by atoms with Gasteiger partial charge in [0.15, 0.2) is 0 Å². The van der Waals surface area contributed by atoms with E-state index in [1.165, 1.54) is 0 Å². The van der Waals surface area contributed by atoms with E-state index in [9.17, 15) is 9.90 Å². The van der Waals surface area contributed by atoms with E-state index in [0.29, 0.717) is 11.3 Å². The third-order valence-corrected chi connectivity index (χ3v) is 3.46. The standard InChI is InChI=1S/C19H21NO3/c1-13-4-8-16(9-5-13)20-19(22)18(14(2)21)12-15-6-10-17(23-3)11-7-15/h4-12,14,21H,1-3H3,(H,20,22)/b18-12+. The van der Waals surface area contributed by atoms with Crippen molar-refractivity contribution < 1.29 is 14.6 Å². The minimum atomic E-state index is -0.873. The van der Waals surface area contributed by atoms with E-state index in [1.807, 2.05) is 55.5 Å². The van der Waals surface area contributed by atoms with Crippen molar-refractivity contribution in [3.05, 3.63) is 65.2 Å². The normalized spacial score (nSPS) is 12.6. The Hall–Kier alpha value is -2.59. The van der Waals surface area contributed by atoms with Gasteiger partial charge in [-0.25, -0.2) is 0 Å². The molecular formula is C19H21NO3. The number of hydrogen-bond acceptors (Lipinski definition) is 3. The first-order valence-electron chi connectivity index (χ1n) is 7.41. The highest BCUT2D eigenvalue weighted by Crippen LogP contribution is 2.17. The van der Waals surface area contributed by atoms with Crippen molar-refractivity contribution in [2.24, 2.45) is 0 Å². The maximum atomic E-state index is 12.4. The minimum Gasteiger partial charge on any atom is -0.497 e. The number of anilines is 1. The van der Waals surface area contributed by atoms with Crippen molar-refractivity contribution in [2.75, 3.05) is 12.4 Å². The molecule has 0 bridgehead atoms. The Morgan fingerprint density at radius 3 is 2.26 bits per heavy atom. The number of hydrogen-bond donors (Lipinski definition) is 2. The number of ether oxygens (including phenoxy) is 1. The lowest BCUT2D eigenvalue weighted by molar-refractivity contribution is -0.113. The predicted molar refractivity (Wildman–Crippen MR) is 92.5 cm³/mol. The number of amides is 1. The van der Waals surface area contributed by atoms with E-state index < -0.39 is 6.10 Å². The molecule has 0 aromatic heterocycles. The number of aryl methyl sites for hydroxylation is 1. The van der Waals surface area contributed by atoms with Crippen molar-refractivity contribution in [3.8, 4) is 5.75 Å². The van der Waals surface area contributed by atoms with Crippen molar-refractivity contribution >= 4 is 17.7 Å². The Labute approximate surface area is 136 Å². The van der Waals surface area contributed by atoms with E-state index in [0.717, 1.165) is 16.9 Å². The molecule has 4 heteroatoms. The van der Waals surface area contributed by atoms with Crippen molar-refractivity contribution in [2.45, 2.75) is 20.0 Å². The molecule has 1 atom stereocenters. The summed E-state index contributed by atoms with van der Waals surface area (Å²) in [6.07, 6.45) is 0.802. The highest BCUT2D eigenvalue weighted by atomic mass is 16.5. The van der Waals surface area contributed by atoms with E-state index >= 15 is 0 Å². The number of aliphatic hydroxyl groups is 1. The molecule has 0 heterocycles. The number of rotatable bonds is 5. The van der Waals surface area contributed by atoms with Crippen molar-refractivity contribution in [3.63, 3.8) is 0 Å². The zero-order valence-electron chi connectivity index (χ0n) is 13.5. The molecule has 0 saturated carbocycles. The van der Waals surface area contributed by atoms with E-state index in [4.69, 9.17) is 4.74 Å². The van der Waals surface area contributed by atoms with Crippen LogP contribution in [0.2, 0.25) is 0 Å². The van der Waals surface area contributed by atoms with Crippen LogP contribution >= 0.6 is 0 Å². The molecule has 2 N–H and O–H groups in total. The van der Waals surface area contributed by atoms with E-state index in [-0.39, 0.29) is 5.91 Å². The molecule has 2 rings (SSSR count). The van der Waals surface area contributed by atoms with Gasteiger partial charge in [-0.2, -0.15) is 0 Å². The monoisotopic (exact) mass is 311 g/mol. The van der Waals surface area contributed by atoms with Crippen molar-refractivity contribution in [1.29, 1.82) is 0 Å². The summed E-state index contributed by atoms with van der Waals surface area (Å²) in [7, 11) is 1.60. The minimum absolute atomic E-state index is 0.302. The number of carbonyl (C=O) groups excluding carboxylic acids is 1. The summed E-state index contributed by atoms with van der Waals surface area (Å²) in [6.45, 7) is 3.56. The lowest BCUT2D eigenvalue weighted by Crippen LogP contribution is -2.21. The average Bonchev–Trinajstić information content (AvgIpc) is 2.55. The van der Waals surface area contributed by atoms with Gasteiger partial charge in [-0.3, -0.25) is 4.79 Å². The predicted octanol–water partition coefficient (Wildman–Crippen LogP) is 3.41. The summed E-state index contributed by atoms with van der Waals surface area (Å²) in [5.41, 5.74) is 2.94. The molecule has 0 fully saturated rings. The first kappa shape index (κ1) is 16.8. The van der Waals surface area contributed by atoms with Gasteiger partial charge in [0, 0.05) is 11.3 Å². The molecule has 2 aromatic carbocycles. The molecule has 0 saturated heterocycles. The Bertz CT molecular complexity index is 686.